The average molecular weight is 388 g/mol. The molecule has 1 aliphatic carbocycles. The van der Waals surface area contributed by atoms with Crippen LogP contribution in [-0.2, 0) is 4.79 Å². The smallest absolute Gasteiger partial charge is 0.256 e. The highest BCUT2D eigenvalue weighted by Gasteiger charge is 2.33. The summed E-state index contributed by atoms with van der Waals surface area (Å²) in [5.41, 5.74) is 1.31. The minimum Gasteiger partial charge on any atom is -0.347 e. The maximum Gasteiger partial charge on any atom is 0.256 e. The largest absolute Gasteiger partial charge is 0.347 e. The third-order valence-corrected chi connectivity index (χ3v) is 5.96. The SMILES string of the molecule is CN(C)C(=O)c1cnc(N(C)C)nc1C1CCN(C(=O)CC2CCCCC2)C1. The van der Waals surface area contributed by atoms with Crippen molar-refractivity contribution in [3.63, 3.8) is 0 Å². The van der Waals surface area contributed by atoms with Gasteiger partial charge in [-0.1, -0.05) is 19.3 Å². The molecule has 3 rings (SSSR count). The number of likely N-dealkylation sites (tertiary alicyclic amines) is 1. The number of amides is 2. The van der Waals surface area contributed by atoms with Crippen molar-refractivity contribution in [1.29, 1.82) is 0 Å². The summed E-state index contributed by atoms with van der Waals surface area (Å²) in [4.78, 5) is 39.8. The number of nitrogens with zero attached hydrogens (tertiary/aromatic N) is 5. The Kier molecular flexibility index (Phi) is 6.52. The molecular formula is C21H33N5O2. The lowest BCUT2D eigenvalue weighted by atomic mass is 9.87. The van der Waals surface area contributed by atoms with Crippen LogP contribution in [0, 0.1) is 5.92 Å². The third kappa shape index (κ3) is 4.62. The molecule has 1 aromatic rings. The lowest BCUT2D eigenvalue weighted by Gasteiger charge is -2.24. The molecule has 28 heavy (non-hydrogen) atoms. The fourth-order valence-electron chi connectivity index (χ4n) is 4.29. The molecule has 0 bridgehead atoms. The molecule has 0 aromatic carbocycles. The summed E-state index contributed by atoms with van der Waals surface area (Å²) < 4.78 is 0. The van der Waals surface area contributed by atoms with E-state index < -0.39 is 0 Å². The van der Waals surface area contributed by atoms with E-state index in [0.29, 0.717) is 30.4 Å². The van der Waals surface area contributed by atoms with Crippen LogP contribution in [0.5, 0.6) is 0 Å². The lowest BCUT2D eigenvalue weighted by Crippen LogP contribution is -2.31. The van der Waals surface area contributed by atoms with Gasteiger partial charge in [0, 0.05) is 59.8 Å². The molecule has 2 fully saturated rings. The summed E-state index contributed by atoms with van der Waals surface area (Å²) in [5.74, 6) is 1.39. The zero-order valence-corrected chi connectivity index (χ0v) is 17.6. The van der Waals surface area contributed by atoms with Gasteiger partial charge in [-0.25, -0.2) is 9.97 Å². The van der Waals surface area contributed by atoms with Crippen molar-refractivity contribution in [2.45, 2.75) is 50.9 Å². The Hall–Kier alpha value is -2.18. The van der Waals surface area contributed by atoms with Gasteiger partial charge in [0.25, 0.3) is 5.91 Å². The molecule has 1 unspecified atom stereocenters. The number of hydrogen-bond acceptors (Lipinski definition) is 5. The van der Waals surface area contributed by atoms with E-state index >= 15 is 0 Å². The summed E-state index contributed by atoms with van der Waals surface area (Å²) in [6.45, 7) is 1.39. The highest BCUT2D eigenvalue weighted by atomic mass is 16.2. The van der Waals surface area contributed by atoms with Gasteiger partial charge in [0.15, 0.2) is 0 Å². The molecule has 2 aliphatic rings. The quantitative estimate of drug-likeness (QED) is 0.776. The molecule has 1 saturated heterocycles. The third-order valence-electron chi connectivity index (χ3n) is 5.96. The molecule has 0 spiro atoms. The Morgan fingerprint density at radius 1 is 1.11 bits per heavy atom. The van der Waals surface area contributed by atoms with Crippen molar-refractivity contribution in [3.05, 3.63) is 17.5 Å². The minimum atomic E-state index is -0.0905. The molecule has 154 valence electrons. The summed E-state index contributed by atoms with van der Waals surface area (Å²) >= 11 is 0. The van der Waals surface area contributed by atoms with Crippen molar-refractivity contribution >= 4 is 17.8 Å². The van der Waals surface area contributed by atoms with Gasteiger partial charge >= 0.3 is 0 Å². The summed E-state index contributed by atoms with van der Waals surface area (Å²) in [6, 6.07) is 0. The summed E-state index contributed by atoms with van der Waals surface area (Å²) in [7, 11) is 7.25. The molecule has 7 nitrogen and oxygen atoms in total. The van der Waals surface area contributed by atoms with E-state index in [9.17, 15) is 9.59 Å². The second kappa shape index (κ2) is 8.88. The first-order chi connectivity index (χ1) is 13.4. The molecule has 1 atom stereocenters. The Balaban J connectivity index is 1.74. The number of hydrogen-bond donors (Lipinski definition) is 0. The van der Waals surface area contributed by atoms with Crippen LogP contribution < -0.4 is 4.90 Å². The zero-order valence-electron chi connectivity index (χ0n) is 17.6. The standard InChI is InChI=1S/C21H33N5O2/c1-24(2)20(28)17-13-22-21(25(3)4)23-19(17)16-10-11-26(14-16)18(27)12-15-8-6-5-7-9-15/h13,15-16H,5-12,14H2,1-4H3. The van der Waals surface area contributed by atoms with Crippen LogP contribution in [0.15, 0.2) is 6.20 Å². The first-order valence-electron chi connectivity index (χ1n) is 10.4. The van der Waals surface area contributed by atoms with Crippen LogP contribution in [0.25, 0.3) is 0 Å². The van der Waals surface area contributed by atoms with Gasteiger partial charge < -0.3 is 14.7 Å². The molecule has 2 heterocycles. The molecule has 0 N–H and O–H groups in total. The van der Waals surface area contributed by atoms with Crippen LogP contribution in [0.1, 0.15) is 66.9 Å². The van der Waals surface area contributed by atoms with Crippen molar-refractivity contribution in [3.8, 4) is 0 Å². The van der Waals surface area contributed by atoms with E-state index in [-0.39, 0.29) is 17.7 Å². The van der Waals surface area contributed by atoms with Crippen LogP contribution >= 0.6 is 0 Å². The Labute approximate surface area is 168 Å². The molecule has 1 aromatic heterocycles. The van der Waals surface area contributed by atoms with Crippen molar-refractivity contribution in [2.24, 2.45) is 5.92 Å². The zero-order chi connectivity index (χ0) is 20.3. The van der Waals surface area contributed by atoms with Gasteiger partial charge in [-0.05, 0) is 25.2 Å². The molecular weight excluding hydrogens is 354 g/mol. The maximum absolute atomic E-state index is 12.8. The topological polar surface area (TPSA) is 69.6 Å². The lowest BCUT2D eigenvalue weighted by molar-refractivity contribution is -0.131. The van der Waals surface area contributed by atoms with Crippen LogP contribution in [-0.4, -0.2) is 72.9 Å². The fourth-order valence-corrected chi connectivity index (χ4v) is 4.29. The molecule has 1 saturated carbocycles. The Morgan fingerprint density at radius 3 is 2.46 bits per heavy atom. The number of rotatable bonds is 5. The van der Waals surface area contributed by atoms with Gasteiger partial charge in [-0.3, -0.25) is 9.59 Å². The van der Waals surface area contributed by atoms with E-state index in [2.05, 4.69) is 4.98 Å². The Bertz CT molecular complexity index is 713. The second-order valence-electron chi connectivity index (χ2n) is 8.60. The highest BCUT2D eigenvalue weighted by Crippen LogP contribution is 2.32. The van der Waals surface area contributed by atoms with Gasteiger partial charge in [0.1, 0.15) is 0 Å². The van der Waals surface area contributed by atoms with Gasteiger partial charge in [0.05, 0.1) is 11.3 Å². The average Bonchev–Trinajstić information content (AvgIpc) is 3.18. The van der Waals surface area contributed by atoms with Gasteiger partial charge in [0.2, 0.25) is 11.9 Å². The van der Waals surface area contributed by atoms with E-state index in [0.717, 1.165) is 18.7 Å². The number of carbonyl (C=O) groups is 2. The van der Waals surface area contributed by atoms with E-state index in [4.69, 9.17) is 4.98 Å². The predicted octanol–water partition coefficient (Wildman–Crippen LogP) is 2.53. The van der Waals surface area contributed by atoms with E-state index in [1.165, 1.54) is 32.1 Å². The molecule has 7 heteroatoms. The van der Waals surface area contributed by atoms with Crippen molar-refractivity contribution in [2.75, 3.05) is 46.2 Å². The van der Waals surface area contributed by atoms with Crippen LogP contribution in [0.4, 0.5) is 5.95 Å². The monoisotopic (exact) mass is 387 g/mol. The maximum atomic E-state index is 12.8. The minimum absolute atomic E-state index is 0.0795. The van der Waals surface area contributed by atoms with E-state index in [1.807, 2.05) is 23.9 Å². The normalized spacial score (nSPS) is 20.3. The second-order valence-corrected chi connectivity index (χ2v) is 8.60. The van der Waals surface area contributed by atoms with Crippen molar-refractivity contribution in [1.82, 2.24) is 19.8 Å². The summed E-state index contributed by atoms with van der Waals surface area (Å²) in [6.07, 6.45) is 9.32. The first kappa shape index (κ1) is 20.6. The predicted molar refractivity (Wildman–Crippen MR) is 110 cm³/mol. The number of carbonyl (C=O) groups excluding carboxylic acids is 2. The van der Waals surface area contributed by atoms with Gasteiger partial charge in [-0.2, -0.15) is 0 Å². The van der Waals surface area contributed by atoms with Crippen LogP contribution in [0.3, 0.4) is 0 Å². The highest BCUT2D eigenvalue weighted by molar-refractivity contribution is 5.95. The number of anilines is 1. The van der Waals surface area contributed by atoms with Gasteiger partial charge in [-0.15, -0.1) is 0 Å². The van der Waals surface area contributed by atoms with Crippen molar-refractivity contribution < 1.29 is 9.59 Å². The molecule has 1 aliphatic heterocycles. The molecule has 2 amide bonds. The molecule has 0 radical (unpaired) electrons. The Morgan fingerprint density at radius 2 is 1.82 bits per heavy atom. The number of aromatic nitrogens is 2. The van der Waals surface area contributed by atoms with E-state index in [1.54, 1.807) is 25.2 Å². The van der Waals surface area contributed by atoms with Crippen LogP contribution in [0.2, 0.25) is 0 Å². The summed E-state index contributed by atoms with van der Waals surface area (Å²) in [5, 5.41) is 0. The fraction of sp³-hybridized carbons (Fsp3) is 0.714. The first-order valence-corrected chi connectivity index (χ1v) is 10.4.